The average Bonchev–Trinajstić information content (AvgIpc) is 2.42. The van der Waals surface area contributed by atoms with Crippen LogP contribution in [0.3, 0.4) is 0 Å². The third kappa shape index (κ3) is 5.99. The van der Waals surface area contributed by atoms with Gasteiger partial charge in [0.15, 0.2) is 0 Å². The van der Waals surface area contributed by atoms with Crippen LogP contribution in [-0.4, -0.2) is 55.2 Å². The van der Waals surface area contributed by atoms with E-state index in [2.05, 4.69) is 30.8 Å². The number of aliphatic hydroxyl groups excluding tert-OH is 1. The highest BCUT2D eigenvalue weighted by Gasteiger charge is 2.14. The molecule has 0 spiro atoms. The molecule has 0 saturated carbocycles. The van der Waals surface area contributed by atoms with Gasteiger partial charge in [-0.15, -0.1) is 0 Å². The SMILES string of the molecule is CCCN(CCC(O)c1ccccc1F)CCN(C)C. The number of hydrogen-bond donors (Lipinski definition) is 1. The van der Waals surface area contributed by atoms with Crippen LogP contribution >= 0.6 is 0 Å². The van der Waals surface area contributed by atoms with E-state index in [0.717, 1.165) is 32.6 Å². The number of halogens is 1. The van der Waals surface area contributed by atoms with Crippen molar-refractivity contribution in [2.24, 2.45) is 0 Å². The summed E-state index contributed by atoms with van der Waals surface area (Å²) in [5.41, 5.74) is 0.400. The molecule has 0 aliphatic rings. The van der Waals surface area contributed by atoms with Crippen molar-refractivity contribution in [3.8, 4) is 0 Å². The van der Waals surface area contributed by atoms with Crippen LogP contribution in [0.2, 0.25) is 0 Å². The van der Waals surface area contributed by atoms with Gasteiger partial charge in [-0.3, -0.25) is 0 Å². The van der Waals surface area contributed by atoms with Crippen LogP contribution in [0.1, 0.15) is 31.4 Å². The van der Waals surface area contributed by atoms with Crippen molar-refractivity contribution in [2.75, 3.05) is 40.3 Å². The van der Waals surface area contributed by atoms with E-state index in [0.29, 0.717) is 12.0 Å². The van der Waals surface area contributed by atoms with Gasteiger partial charge in [-0.2, -0.15) is 0 Å². The zero-order chi connectivity index (χ0) is 15.0. The maximum atomic E-state index is 13.6. The molecule has 0 aliphatic carbocycles. The summed E-state index contributed by atoms with van der Waals surface area (Å²) in [5, 5.41) is 10.1. The maximum Gasteiger partial charge on any atom is 0.128 e. The van der Waals surface area contributed by atoms with Crippen molar-refractivity contribution >= 4 is 0 Å². The number of benzene rings is 1. The lowest BCUT2D eigenvalue weighted by Crippen LogP contribution is -2.33. The first-order valence-electron chi connectivity index (χ1n) is 7.34. The van der Waals surface area contributed by atoms with Gasteiger partial charge < -0.3 is 14.9 Å². The predicted octanol–water partition coefficient (Wildman–Crippen LogP) is 2.52. The van der Waals surface area contributed by atoms with E-state index >= 15 is 0 Å². The Morgan fingerprint density at radius 3 is 2.40 bits per heavy atom. The van der Waals surface area contributed by atoms with Gasteiger partial charge in [-0.1, -0.05) is 25.1 Å². The molecule has 0 heterocycles. The van der Waals surface area contributed by atoms with Crippen molar-refractivity contribution in [3.05, 3.63) is 35.6 Å². The number of aliphatic hydroxyl groups is 1. The highest BCUT2D eigenvalue weighted by molar-refractivity contribution is 5.19. The minimum atomic E-state index is -0.727. The lowest BCUT2D eigenvalue weighted by atomic mass is 10.1. The summed E-state index contributed by atoms with van der Waals surface area (Å²) in [6, 6.07) is 6.46. The monoisotopic (exact) mass is 282 g/mol. The second kappa shape index (κ2) is 9.06. The molecule has 4 heteroatoms. The first-order chi connectivity index (χ1) is 9.54. The first kappa shape index (κ1) is 17.1. The van der Waals surface area contributed by atoms with E-state index in [1.807, 2.05) is 0 Å². The summed E-state index contributed by atoms with van der Waals surface area (Å²) in [5.74, 6) is -0.324. The van der Waals surface area contributed by atoms with Crippen LogP contribution in [0.15, 0.2) is 24.3 Å². The Bertz CT molecular complexity index is 384. The van der Waals surface area contributed by atoms with Gasteiger partial charge in [0.2, 0.25) is 0 Å². The van der Waals surface area contributed by atoms with Gasteiger partial charge in [0.05, 0.1) is 6.10 Å². The van der Waals surface area contributed by atoms with Crippen LogP contribution in [0.4, 0.5) is 4.39 Å². The molecular formula is C16H27FN2O. The molecule has 114 valence electrons. The van der Waals surface area contributed by atoms with Crippen molar-refractivity contribution in [1.29, 1.82) is 0 Å². The molecule has 1 rings (SSSR count). The average molecular weight is 282 g/mol. The summed E-state index contributed by atoms with van der Waals surface area (Å²) in [4.78, 5) is 4.47. The van der Waals surface area contributed by atoms with Crippen molar-refractivity contribution in [3.63, 3.8) is 0 Å². The van der Waals surface area contributed by atoms with Crippen LogP contribution in [0.5, 0.6) is 0 Å². The molecule has 0 saturated heterocycles. The van der Waals surface area contributed by atoms with E-state index in [1.54, 1.807) is 18.2 Å². The van der Waals surface area contributed by atoms with E-state index in [-0.39, 0.29) is 5.82 Å². The van der Waals surface area contributed by atoms with Gasteiger partial charge in [0.25, 0.3) is 0 Å². The molecule has 0 amide bonds. The molecule has 1 aromatic carbocycles. The highest BCUT2D eigenvalue weighted by atomic mass is 19.1. The molecule has 0 aliphatic heterocycles. The smallest absolute Gasteiger partial charge is 0.128 e. The standard InChI is InChI=1S/C16H27FN2O/c1-4-10-19(13-12-18(2)3)11-9-16(20)14-7-5-6-8-15(14)17/h5-8,16,20H,4,9-13H2,1-3H3. The van der Waals surface area contributed by atoms with Crippen LogP contribution < -0.4 is 0 Å². The summed E-state index contributed by atoms with van der Waals surface area (Å²) in [6.45, 7) is 5.92. The zero-order valence-electron chi connectivity index (χ0n) is 12.8. The molecule has 0 aromatic heterocycles. The third-order valence-electron chi connectivity index (χ3n) is 3.39. The fourth-order valence-corrected chi connectivity index (χ4v) is 2.20. The second-order valence-electron chi connectivity index (χ2n) is 5.47. The molecule has 1 atom stereocenters. The van der Waals surface area contributed by atoms with Crippen LogP contribution in [0, 0.1) is 5.82 Å². The maximum absolute atomic E-state index is 13.6. The van der Waals surface area contributed by atoms with Gasteiger partial charge in [-0.05, 0) is 39.5 Å². The van der Waals surface area contributed by atoms with Gasteiger partial charge in [0, 0.05) is 25.2 Å². The summed E-state index contributed by atoms with van der Waals surface area (Å²) in [6.07, 6.45) is 0.923. The van der Waals surface area contributed by atoms with Crippen LogP contribution in [0.25, 0.3) is 0 Å². The molecular weight excluding hydrogens is 255 g/mol. The summed E-state index contributed by atoms with van der Waals surface area (Å²) >= 11 is 0. The van der Waals surface area contributed by atoms with E-state index in [9.17, 15) is 9.50 Å². The minimum absolute atomic E-state index is 0.324. The Morgan fingerprint density at radius 1 is 1.10 bits per heavy atom. The largest absolute Gasteiger partial charge is 0.388 e. The van der Waals surface area contributed by atoms with E-state index in [1.165, 1.54) is 6.07 Å². The van der Waals surface area contributed by atoms with Crippen molar-refractivity contribution < 1.29 is 9.50 Å². The molecule has 0 radical (unpaired) electrons. The summed E-state index contributed by atoms with van der Waals surface area (Å²) in [7, 11) is 4.11. The molecule has 1 unspecified atom stereocenters. The normalized spacial score (nSPS) is 13.2. The molecule has 3 nitrogen and oxygen atoms in total. The molecule has 1 aromatic rings. The lowest BCUT2D eigenvalue weighted by Gasteiger charge is -2.24. The quantitative estimate of drug-likeness (QED) is 0.754. The minimum Gasteiger partial charge on any atom is -0.388 e. The van der Waals surface area contributed by atoms with Gasteiger partial charge in [-0.25, -0.2) is 4.39 Å². The Kier molecular flexibility index (Phi) is 7.73. The first-order valence-corrected chi connectivity index (χ1v) is 7.34. The number of rotatable bonds is 9. The predicted molar refractivity (Wildman–Crippen MR) is 81.3 cm³/mol. The number of likely N-dealkylation sites (N-methyl/N-ethyl adjacent to an activating group) is 1. The van der Waals surface area contributed by atoms with Crippen molar-refractivity contribution in [1.82, 2.24) is 9.80 Å². The fourth-order valence-electron chi connectivity index (χ4n) is 2.20. The fraction of sp³-hybridized carbons (Fsp3) is 0.625. The number of nitrogens with zero attached hydrogens (tertiary/aromatic N) is 2. The van der Waals surface area contributed by atoms with Gasteiger partial charge in [0.1, 0.15) is 5.82 Å². The molecule has 1 N–H and O–H groups in total. The Labute approximate surface area is 122 Å². The molecule has 0 bridgehead atoms. The Hall–Kier alpha value is -0.970. The molecule has 0 fully saturated rings. The lowest BCUT2D eigenvalue weighted by molar-refractivity contribution is 0.135. The van der Waals surface area contributed by atoms with E-state index < -0.39 is 6.10 Å². The highest BCUT2D eigenvalue weighted by Crippen LogP contribution is 2.19. The summed E-state index contributed by atoms with van der Waals surface area (Å²) < 4.78 is 13.6. The zero-order valence-corrected chi connectivity index (χ0v) is 12.8. The topological polar surface area (TPSA) is 26.7 Å². The Morgan fingerprint density at radius 2 is 1.80 bits per heavy atom. The van der Waals surface area contributed by atoms with E-state index in [4.69, 9.17) is 0 Å². The van der Waals surface area contributed by atoms with Crippen molar-refractivity contribution in [2.45, 2.75) is 25.9 Å². The second-order valence-corrected chi connectivity index (χ2v) is 5.47. The number of hydrogen-bond acceptors (Lipinski definition) is 3. The van der Waals surface area contributed by atoms with Gasteiger partial charge >= 0.3 is 0 Å². The van der Waals surface area contributed by atoms with Crippen LogP contribution in [-0.2, 0) is 0 Å². The Balaban J connectivity index is 2.47. The molecule has 20 heavy (non-hydrogen) atoms. The third-order valence-corrected chi connectivity index (χ3v) is 3.39.